The van der Waals surface area contributed by atoms with E-state index in [1.807, 2.05) is 48.5 Å². The quantitative estimate of drug-likeness (QED) is 0.320. The molecule has 0 aliphatic carbocycles. The molecule has 0 spiro atoms. The highest BCUT2D eigenvalue weighted by atomic mass is 32.2. The van der Waals surface area contributed by atoms with E-state index in [4.69, 9.17) is 4.99 Å². The molecule has 36 heavy (non-hydrogen) atoms. The van der Waals surface area contributed by atoms with Gasteiger partial charge in [-0.15, -0.1) is 0 Å². The Bertz CT molecular complexity index is 1330. The first-order valence-corrected chi connectivity index (χ1v) is 14.0. The lowest BCUT2D eigenvalue weighted by atomic mass is 10.2. The summed E-state index contributed by atoms with van der Waals surface area (Å²) < 4.78 is 0. The summed E-state index contributed by atoms with van der Waals surface area (Å²) in [7, 11) is 0. The van der Waals surface area contributed by atoms with Crippen molar-refractivity contribution in [1.29, 1.82) is 0 Å². The van der Waals surface area contributed by atoms with Crippen molar-refractivity contribution in [2.45, 2.75) is 32.6 Å². The third-order valence-electron chi connectivity index (χ3n) is 6.40. The van der Waals surface area contributed by atoms with Crippen molar-refractivity contribution in [3.63, 3.8) is 0 Å². The van der Waals surface area contributed by atoms with Gasteiger partial charge in [0.05, 0.1) is 17.1 Å². The highest BCUT2D eigenvalue weighted by molar-refractivity contribution is 8.20. The number of carbonyl (C=O) groups is 1. The fourth-order valence-electron chi connectivity index (χ4n) is 4.45. The average molecular weight is 515 g/mol. The minimum absolute atomic E-state index is 0.0314. The maximum Gasteiger partial charge on any atom is 0.274 e. The molecule has 0 unspecified atom stereocenters. The number of fused-ring (bicyclic) bond motifs is 1. The normalized spacial score (nSPS) is 18.3. The Kier molecular flexibility index (Phi) is 7.12. The number of hydrogen-bond donors (Lipinski definition) is 0. The molecule has 7 heteroatoms. The van der Waals surface area contributed by atoms with Gasteiger partial charge in [-0.2, -0.15) is 0 Å². The number of amides is 1. The van der Waals surface area contributed by atoms with E-state index >= 15 is 0 Å². The van der Waals surface area contributed by atoms with E-state index in [9.17, 15) is 4.79 Å². The van der Waals surface area contributed by atoms with Crippen LogP contribution in [0, 0.1) is 6.92 Å². The molecule has 0 aromatic heterocycles. The van der Waals surface area contributed by atoms with Crippen LogP contribution in [0.15, 0.2) is 92.6 Å². The molecular weight excluding hydrogens is 484 g/mol. The summed E-state index contributed by atoms with van der Waals surface area (Å²) in [6, 6.07) is 24.7. The molecule has 0 bridgehead atoms. The number of carbonyl (C=O) groups excluding carboxylic acids is 1. The van der Waals surface area contributed by atoms with E-state index in [2.05, 4.69) is 61.8 Å². The maximum atomic E-state index is 13.9. The van der Waals surface area contributed by atoms with Gasteiger partial charge in [0.15, 0.2) is 5.17 Å². The topological polar surface area (TPSA) is 39.1 Å². The van der Waals surface area contributed by atoms with Gasteiger partial charge < -0.3 is 9.80 Å². The number of aliphatic imine (C=N–C) groups is 1. The van der Waals surface area contributed by atoms with Crippen LogP contribution in [-0.2, 0) is 4.79 Å². The predicted molar refractivity (Wildman–Crippen MR) is 156 cm³/mol. The van der Waals surface area contributed by atoms with Crippen molar-refractivity contribution in [2.75, 3.05) is 34.3 Å². The van der Waals surface area contributed by atoms with E-state index < -0.39 is 0 Å². The van der Waals surface area contributed by atoms with Crippen molar-refractivity contribution in [3.05, 3.63) is 88.3 Å². The minimum Gasteiger partial charge on any atom is -0.372 e. The van der Waals surface area contributed by atoms with Gasteiger partial charge in [-0.3, -0.25) is 9.69 Å². The average Bonchev–Trinajstić information content (AvgIpc) is 3.43. The highest BCUT2D eigenvalue weighted by Crippen LogP contribution is 2.51. The van der Waals surface area contributed by atoms with Gasteiger partial charge in [0.1, 0.15) is 9.93 Å². The Morgan fingerprint density at radius 2 is 1.56 bits per heavy atom. The Morgan fingerprint density at radius 3 is 2.22 bits per heavy atom. The van der Waals surface area contributed by atoms with Crippen molar-refractivity contribution >= 4 is 57.3 Å². The van der Waals surface area contributed by atoms with Crippen molar-refractivity contribution in [1.82, 2.24) is 0 Å². The summed E-state index contributed by atoms with van der Waals surface area (Å²) in [5.41, 5.74) is 5.15. The van der Waals surface area contributed by atoms with Gasteiger partial charge in [0, 0.05) is 30.2 Å². The van der Waals surface area contributed by atoms with E-state index in [-0.39, 0.29) is 5.91 Å². The molecule has 2 aliphatic heterocycles. The zero-order chi connectivity index (χ0) is 25.2. The summed E-state index contributed by atoms with van der Waals surface area (Å²) in [5, 5.41) is 1.66. The van der Waals surface area contributed by atoms with Crippen LogP contribution in [0.5, 0.6) is 0 Å². The first-order valence-electron chi connectivity index (χ1n) is 12.3. The molecular formula is C29H30N4OS2. The van der Waals surface area contributed by atoms with Crippen LogP contribution < -0.4 is 14.7 Å². The van der Waals surface area contributed by atoms with Gasteiger partial charge in [0.2, 0.25) is 0 Å². The fraction of sp³-hybridized carbons (Fsp3) is 0.241. The first kappa shape index (κ1) is 24.5. The molecule has 184 valence electrons. The van der Waals surface area contributed by atoms with Gasteiger partial charge >= 0.3 is 0 Å². The van der Waals surface area contributed by atoms with Crippen molar-refractivity contribution < 1.29 is 4.79 Å². The van der Waals surface area contributed by atoms with Crippen LogP contribution in [0.25, 0.3) is 0 Å². The maximum absolute atomic E-state index is 13.9. The van der Waals surface area contributed by atoms with Crippen LogP contribution in [0.3, 0.4) is 0 Å². The number of hydrogen-bond acceptors (Lipinski definition) is 6. The summed E-state index contributed by atoms with van der Waals surface area (Å²) in [5.74, 6) is -0.0314. The second-order valence-corrected chi connectivity index (χ2v) is 10.6. The number of rotatable bonds is 6. The lowest BCUT2D eigenvalue weighted by Crippen LogP contribution is -2.29. The van der Waals surface area contributed by atoms with Crippen molar-refractivity contribution in [3.8, 4) is 0 Å². The third kappa shape index (κ3) is 4.53. The second kappa shape index (κ2) is 10.4. The Balaban J connectivity index is 1.56. The van der Waals surface area contributed by atoms with Crippen LogP contribution in [0.1, 0.15) is 26.3 Å². The molecule has 0 atom stereocenters. The zero-order valence-electron chi connectivity index (χ0n) is 21.1. The molecule has 0 radical (unpaired) electrons. The largest absolute Gasteiger partial charge is 0.372 e. The number of benzene rings is 3. The summed E-state index contributed by atoms with van der Waals surface area (Å²) >= 11 is 3.13. The number of aryl methyl sites for hydroxylation is 1. The molecule has 1 saturated heterocycles. The predicted octanol–water partition coefficient (Wildman–Crippen LogP) is 7.41. The van der Waals surface area contributed by atoms with Gasteiger partial charge in [-0.1, -0.05) is 41.6 Å². The molecule has 2 aliphatic rings. The molecule has 0 N–H and O–H groups in total. The molecule has 1 amide bonds. The van der Waals surface area contributed by atoms with Gasteiger partial charge in [0.25, 0.3) is 5.91 Å². The molecule has 0 saturated carbocycles. The summed E-state index contributed by atoms with van der Waals surface area (Å²) in [4.78, 5) is 27.1. The molecule has 3 aromatic rings. The number of thioether (sulfide) groups is 2. The second-order valence-electron chi connectivity index (χ2n) is 8.61. The van der Waals surface area contributed by atoms with E-state index in [1.54, 1.807) is 16.7 Å². The van der Waals surface area contributed by atoms with Crippen LogP contribution >= 0.6 is 23.5 Å². The molecule has 5 nitrogen and oxygen atoms in total. The van der Waals surface area contributed by atoms with E-state index in [1.165, 1.54) is 22.3 Å². The van der Waals surface area contributed by atoms with E-state index in [0.29, 0.717) is 5.17 Å². The number of amidine groups is 1. The fourth-order valence-corrected chi connectivity index (χ4v) is 6.85. The van der Waals surface area contributed by atoms with Gasteiger partial charge in [-0.25, -0.2) is 4.99 Å². The van der Waals surface area contributed by atoms with Crippen LogP contribution in [0.2, 0.25) is 0 Å². The highest BCUT2D eigenvalue weighted by Gasteiger charge is 2.40. The number of nitrogens with zero attached hydrogens (tertiary/aromatic N) is 4. The Hall–Kier alpha value is -3.16. The molecule has 2 heterocycles. The number of anilines is 3. The zero-order valence-corrected chi connectivity index (χ0v) is 22.7. The van der Waals surface area contributed by atoms with Gasteiger partial charge in [-0.05, 0) is 88.0 Å². The SMILES string of the molecule is CCN(CC)c1ccc(N=C2SC(=C3Sc4ccccc4N3CC)C(=O)N2c2ccc(C)cc2)cc1. The lowest BCUT2D eigenvalue weighted by molar-refractivity contribution is -0.113. The lowest BCUT2D eigenvalue weighted by Gasteiger charge is -2.21. The smallest absolute Gasteiger partial charge is 0.274 e. The first-order chi connectivity index (χ1) is 17.5. The summed E-state index contributed by atoms with van der Waals surface area (Å²) in [6.45, 7) is 11.2. The molecule has 1 fully saturated rings. The molecule has 3 aromatic carbocycles. The van der Waals surface area contributed by atoms with Crippen LogP contribution in [-0.4, -0.2) is 30.7 Å². The third-order valence-corrected chi connectivity index (χ3v) is 8.74. The number of para-hydroxylation sites is 1. The Labute approximate surface area is 221 Å². The summed E-state index contributed by atoms with van der Waals surface area (Å²) in [6.07, 6.45) is 0. The van der Waals surface area contributed by atoms with E-state index in [0.717, 1.165) is 52.2 Å². The minimum atomic E-state index is -0.0314. The molecule has 5 rings (SSSR count). The Morgan fingerprint density at radius 1 is 0.861 bits per heavy atom. The van der Waals surface area contributed by atoms with Crippen molar-refractivity contribution in [2.24, 2.45) is 4.99 Å². The monoisotopic (exact) mass is 514 g/mol. The van der Waals surface area contributed by atoms with Crippen LogP contribution in [0.4, 0.5) is 22.7 Å². The standard InChI is InChI=1S/C29H30N4OS2/c1-5-31(6-2)22-18-14-21(15-19-22)30-29-33(23-16-12-20(4)13-17-23)27(34)26(36-29)28-32(7-3)24-10-8-9-11-25(24)35-28/h8-19H,5-7H2,1-4H3.